The molecule has 0 heterocycles. The predicted molar refractivity (Wildman–Crippen MR) is 115 cm³/mol. The molecule has 0 aliphatic carbocycles. The molecule has 0 spiro atoms. The van der Waals surface area contributed by atoms with Gasteiger partial charge in [-0.25, -0.2) is 9.18 Å². The van der Waals surface area contributed by atoms with Gasteiger partial charge in [-0.15, -0.1) is 0 Å². The maximum Gasteiger partial charge on any atom is 0.326 e. The Morgan fingerprint density at radius 1 is 1.07 bits per heavy atom. The van der Waals surface area contributed by atoms with Crippen LogP contribution in [0, 0.1) is 11.7 Å². The van der Waals surface area contributed by atoms with Gasteiger partial charge in [-0.2, -0.15) is 0 Å². The number of carboxylic acid groups (broad SMARTS) is 1. The zero-order valence-electron chi connectivity index (χ0n) is 16.5. The summed E-state index contributed by atoms with van der Waals surface area (Å²) < 4.78 is 14.0. The van der Waals surface area contributed by atoms with Gasteiger partial charge in [0.25, 0.3) is 11.8 Å². The van der Waals surface area contributed by atoms with Crippen molar-refractivity contribution < 1.29 is 23.9 Å². The number of benzene rings is 2. The monoisotopic (exact) mass is 476 g/mol. The number of carbonyl (C=O) groups is 3. The van der Waals surface area contributed by atoms with Crippen molar-refractivity contribution in [3.05, 3.63) is 75.6 Å². The Hall–Kier alpha value is -3.00. The van der Waals surface area contributed by atoms with Crippen LogP contribution < -0.4 is 10.6 Å². The van der Waals surface area contributed by atoms with Crippen LogP contribution in [0.25, 0.3) is 6.08 Å². The lowest BCUT2D eigenvalue weighted by atomic mass is 10.0. The van der Waals surface area contributed by atoms with Crippen LogP contribution in [0.1, 0.15) is 36.2 Å². The Balaban J connectivity index is 2.31. The van der Waals surface area contributed by atoms with E-state index in [1.54, 1.807) is 24.3 Å². The van der Waals surface area contributed by atoms with E-state index in [1.807, 2.05) is 13.8 Å². The Morgan fingerprint density at radius 3 is 2.20 bits per heavy atom. The zero-order valence-corrected chi connectivity index (χ0v) is 18.1. The van der Waals surface area contributed by atoms with Gasteiger partial charge < -0.3 is 15.7 Å². The number of aliphatic carboxylic acids is 1. The maximum atomic E-state index is 13.2. The molecule has 6 nitrogen and oxygen atoms in total. The third-order valence-corrected chi connectivity index (χ3v) is 4.62. The number of hydrogen-bond acceptors (Lipinski definition) is 3. The molecule has 0 saturated heterocycles. The van der Waals surface area contributed by atoms with Crippen molar-refractivity contribution in [2.24, 2.45) is 5.92 Å². The first-order valence-corrected chi connectivity index (χ1v) is 10.0. The standard InChI is InChI=1S/C22H22BrFN2O4/c1-13(2)11-19(22(29)30)26-21(28)18(12-14-3-9-17(24)10-4-14)25-20(27)15-5-7-16(23)8-6-15/h3-10,12-13,19H,11H2,1-2H3,(H,25,27)(H,26,28)(H,29,30)/b18-12-/t19-/m1/s1. The molecule has 0 unspecified atom stereocenters. The average molecular weight is 477 g/mol. The van der Waals surface area contributed by atoms with Crippen molar-refractivity contribution in [2.45, 2.75) is 26.3 Å². The molecule has 3 N–H and O–H groups in total. The molecule has 2 amide bonds. The van der Waals surface area contributed by atoms with Crippen LogP contribution in [0.4, 0.5) is 4.39 Å². The van der Waals surface area contributed by atoms with Gasteiger partial charge in [0.1, 0.15) is 17.6 Å². The highest BCUT2D eigenvalue weighted by Gasteiger charge is 2.24. The van der Waals surface area contributed by atoms with Gasteiger partial charge in [0.05, 0.1) is 0 Å². The van der Waals surface area contributed by atoms with Gasteiger partial charge in [0.2, 0.25) is 0 Å². The van der Waals surface area contributed by atoms with Crippen LogP contribution >= 0.6 is 15.9 Å². The number of hydrogen-bond donors (Lipinski definition) is 3. The fraction of sp³-hybridized carbons (Fsp3) is 0.227. The van der Waals surface area contributed by atoms with Crippen molar-refractivity contribution in [2.75, 3.05) is 0 Å². The molecule has 8 heteroatoms. The van der Waals surface area contributed by atoms with Crippen LogP contribution in [-0.4, -0.2) is 28.9 Å². The highest BCUT2D eigenvalue weighted by molar-refractivity contribution is 9.10. The first kappa shape index (κ1) is 23.3. The summed E-state index contributed by atoms with van der Waals surface area (Å²) in [6.45, 7) is 3.68. The molecular formula is C22H22BrFN2O4. The lowest BCUT2D eigenvalue weighted by molar-refractivity contribution is -0.141. The first-order chi connectivity index (χ1) is 14.2. The number of amides is 2. The molecule has 158 valence electrons. The van der Waals surface area contributed by atoms with Crippen LogP contribution in [0.5, 0.6) is 0 Å². The number of carbonyl (C=O) groups excluding carboxylic acids is 2. The van der Waals surface area contributed by atoms with Crippen molar-refractivity contribution in [1.82, 2.24) is 10.6 Å². The molecule has 2 rings (SSSR count). The molecule has 1 atom stereocenters. The van der Waals surface area contributed by atoms with E-state index in [0.29, 0.717) is 11.1 Å². The van der Waals surface area contributed by atoms with Crippen LogP contribution in [-0.2, 0) is 9.59 Å². The molecule has 0 aliphatic heterocycles. The minimum Gasteiger partial charge on any atom is -0.480 e. The summed E-state index contributed by atoms with van der Waals surface area (Å²) in [5.74, 6) is -2.87. The molecule has 0 fully saturated rings. The average Bonchev–Trinajstić information content (AvgIpc) is 2.68. The lowest BCUT2D eigenvalue weighted by Crippen LogP contribution is -2.45. The van der Waals surface area contributed by atoms with E-state index in [9.17, 15) is 23.9 Å². The lowest BCUT2D eigenvalue weighted by Gasteiger charge is -2.18. The molecule has 30 heavy (non-hydrogen) atoms. The SMILES string of the molecule is CC(C)C[C@@H](NC(=O)/C(=C/c1ccc(F)cc1)NC(=O)c1ccc(Br)cc1)C(=O)O. The quantitative estimate of drug-likeness (QED) is 0.502. The Labute approximate surface area is 182 Å². The molecular weight excluding hydrogens is 455 g/mol. The topological polar surface area (TPSA) is 95.5 Å². The van der Waals surface area contributed by atoms with E-state index in [1.165, 1.54) is 30.3 Å². The summed E-state index contributed by atoms with van der Waals surface area (Å²) in [7, 11) is 0. The van der Waals surface area contributed by atoms with Crippen LogP contribution in [0.2, 0.25) is 0 Å². The number of halogens is 2. The van der Waals surface area contributed by atoms with Gasteiger partial charge in [-0.3, -0.25) is 9.59 Å². The highest BCUT2D eigenvalue weighted by atomic mass is 79.9. The number of carboxylic acids is 1. The van der Waals surface area contributed by atoms with Crippen molar-refractivity contribution in [3.63, 3.8) is 0 Å². The second-order valence-corrected chi connectivity index (χ2v) is 7.98. The first-order valence-electron chi connectivity index (χ1n) is 9.23. The highest BCUT2D eigenvalue weighted by Crippen LogP contribution is 2.13. The zero-order chi connectivity index (χ0) is 22.3. The summed E-state index contributed by atoms with van der Waals surface area (Å²) in [6.07, 6.45) is 1.59. The van der Waals surface area contributed by atoms with Gasteiger partial charge in [-0.1, -0.05) is 41.9 Å². The van der Waals surface area contributed by atoms with E-state index < -0.39 is 29.6 Å². The van der Waals surface area contributed by atoms with Crippen molar-refractivity contribution in [1.29, 1.82) is 0 Å². The van der Waals surface area contributed by atoms with Crippen LogP contribution in [0.3, 0.4) is 0 Å². The maximum absolute atomic E-state index is 13.2. The summed E-state index contributed by atoms with van der Waals surface area (Å²) in [5, 5.41) is 14.4. The molecule has 0 radical (unpaired) electrons. The Morgan fingerprint density at radius 2 is 1.67 bits per heavy atom. The fourth-order valence-electron chi connectivity index (χ4n) is 2.61. The largest absolute Gasteiger partial charge is 0.480 e. The Kier molecular flexibility index (Phi) is 8.29. The van der Waals surface area contributed by atoms with Crippen LogP contribution in [0.15, 0.2) is 58.7 Å². The Bertz CT molecular complexity index is 941. The van der Waals surface area contributed by atoms with Crippen molar-refractivity contribution in [3.8, 4) is 0 Å². The summed E-state index contributed by atoms with van der Waals surface area (Å²) >= 11 is 3.29. The number of nitrogens with one attached hydrogen (secondary N) is 2. The van der Waals surface area contributed by atoms with Crippen molar-refractivity contribution >= 4 is 39.8 Å². The smallest absolute Gasteiger partial charge is 0.326 e. The minimum atomic E-state index is -1.17. The van der Waals surface area contributed by atoms with E-state index >= 15 is 0 Å². The number of rotatable bonds is 8. The normalized spacial score (nSPS) is 12.4. The third kappa shape index (κ3) is 7.11. The molecule has 0 aliphatic rings. The van der Waals surface area contributed by atoms with Gasteiger partial charge in [0.15, 0.2) is 0 Å². The molecule has 2 aromatic rings. The van der Waals surface area contributed by atoms with Gasteiger partial charge >= 0.3 is 5.97 Å². The van der Waals surface area contributed by atoms with Gasteiger partial charge in [0, 0.05) is 10.0 Å². The van der Waals surface area contributed by atoms with E-state index in [2.05, 4.69) is 26.6 Å². The summed E-state index contributed by atoms with van der Waals surface area (Å²) in [6, 6.07) is 10.7. The van der Waals surface area contributed by atoms with E-state index in [4.69, 9.17) is 0 Å². The van der Waals surface area contributed by atoms with E-state index in [-0.39, 0.29) is 18.0 Å². The van der Waals surface area contributed by atoms with E-state index in [0.717, 1.165) is 4.47 Å². The molecule has 0 aromatic heterocycles. The second kappa shape index (κ2) is 10.7. The second-order valence-electron chi connectivity index (χ2n) is 7.06. The third-order valence-electron chi connectivity index (χ3n) is 4.09. The fourth-order valence-corrected chi connectivity index (χ4v) is 2.87. The predicted octanol–water partition coefficient (Wildman–Crippen LogP) is 3.97. The minimum absolute atomic E-state index is 0.0354. The molecule has 0 bridgehead atoms. The summed E-state index contributed by atoms with van der Waals surface area (Å²) in [4.78, 5) is 36.9. The van der Waals surface area contributed by atoms with Gasteiger partial charge in [-0.05, 0) is 60.4 Å². The summed E-state index contributed by atoms with van der Waals surface area (Å²) in [5.41, 5.74) is 0.630. The molecule has 0 saturated carbocycles. The molecule has 2 aromatic carbocycles.